The van der Waals surface area contributed by atoms with Crippen LogP contribution in [0.5, 0.6) is 0 Å². The molecule has 0 saturated carbocycles. The summed E-state index contributed by atoms with van der Waals surface area (Å²) in [5.41, 5.74) is -0.0952. The molecule has 0 aliphatic heterocycles. The lowest BCUT2D eigenvalue weighted by Gasteiger charge is -2.26. The average Bonchev–Trinajstić information content (AvgIpc) is 2.28. The van der Waals surface area contributed by atoms with Crippen molar-refractivity contribution < 1.29 is 9.90 Å². The molecule has 0 radical (unpaired) electrons. The fourth-order valence-corrected chi connectivity index (χ4v) is 2.20. The molecule has 0 fully saturated rings. The monoisotopic (exact) mass is 289 g/mol. The molecule has 0 spiro atoms. The quantitative estimate of drug-likeness (QED) is 0.839. The van der Waals surface area contributed by atoms with Crippen LogP contribution in [0.15, 0.2) is 18.2 Å². The third kappa shape index (κ3) is 3.87. The van der Waals surface area contributed by atoms with Gasteiger partial charge in [-0.15, -0.1) is 0 Å². The zero-order valence-electron chi connectivity index (χ0n) is 10.5. The van der Waals surface area contributed by atoms with Gasteiger partial charge in [-0.25, -0.2) is 0 Å². The maximum Gasteiger partial charge on any atom is 0.323 e. The first-order valence-electron chi connectivity index (χ1n) is 5.81. The summed E-state index contributed by atoms with van der Waals surface area (Å²) < 4.78 is 0. The highest BCUT2D eigenvalue weighted by molar-refractivity contribution is 6.35. The van der Waals surface area contributed by atoms with Crippen LogP contribution in [0.3, 0.4) is 0 Å². The number of hydrogen-bond donors (Lipinski definition) is 2. The Bertz CT molecular complexity index is 437. The molecule has 3 nitrogen and oxygen atoms in total. The van der Waals surface area contributed by atoms with Crippen molar-refractivity contribution >= 4 is 29.2 Å². The van der Waals surface area contributed by atoms with E-state index < -0.39 is 11.5 Å². The number of nitrogens with one attached hydrogen (secondary N) is 1. The summed E-state index contributed by atoms with van der Waals surface area (Å²) in [7, 11) is 0. The maximum absolute atomic E-state index is 11.3. The Balaban J connectivity index is 2.76. The summed E-state index contributed by atoms with van der Waals surface area (Å²) in [6.07, 6.45) is 1.36. The van der Waals surface area contributed by atoms with Crippen molar-refractivity contribution in [3.8, 4) is 0 Å². The van der Waals surface area contributed by atoms with E-state index in [1.807, 2.05) is 6.92 Å². The van der Waals surface area contributed by atoms with Gasteiger partial charge in [0.1, 0.15) is 5.54 Å². The van der Waals surface area contributed by atoms with Crippen LogP contribution < -0.4 is 5.32 Å². The second-order valence-electron chi connectivity index (χ2n) is 4.48. The molecule has 5 heteroatoms. The summed E-state index contributed by atoms with van der Waals surface area (Å²) in [6.45, 7) is 4.04. The number of carboxylic acid groups (broad SMARTS) is 1. The van der Waals surface area contributed by atoms with Gasteiger partial charge in [-0.2, -0.15) is 0 Å². The fraction of sp³-hybridized carbons (Fsp3) is 0.462. The Labute approximate surface area is 117 Å². The lowest BCUT2D eigenvalue weighted by atomic mass is 9.96. The SMILES string of the molecule is CCCC(C)(NCc1ccc(Cl)cc1Cl)C(=O)O. The van der Waals surface area contributed by atoms with Crippen LogP contribution >= 0.6 is 23.2 Å². The molecule has 1 aromatic rings. The molecule has 0 heterocycles. The predicted molar refractivity (Wildman–Crippen MR) is 74.3 cm³/mol. The Morgan fingerprint density at radius 3 is 2.61 bits per heavy atom. The summed E-state index contributed by atoms with van der Waals surface area (Å²) in [5.74, 6) is -0.852. The van der Waals surface area contributed by atoms with Gasteiger partial charge in [-0.3, -0.25) is 10.1 Å². The molecule has 0 aliphatic carbocycles. The summed E-state index contributed by atoms with van der Waals surface area (Å²) in [5, 5.41) is 13.4. The highest BCUT2D eigenvalue weighted by Gasteiger charge is 2.31. The van der Waals surface area contributed by atoms with Gasteiger partial charge in [0.25, 0.3) is 0 Å². The van der Waals surface area contributed by atoms with Gasteiger partial charge in [-0.05, 0) is 31.0 Å². The molecule has 100 valence electrons. The van der Waals surface area contributed by atoms with Crippen molar-refractivity contribution in [3.63, 3.8) is 0 Å². The second kappa shape index (κ2) is 6.41. The zero-order chi connectivity index (χ0) is 13.8. The van der Waals surface area contributed by atoms with E-state index in [4.69, 9.17) is 23.2 Å². The van der Waals surface area contributed by atoms with Crippen LogP contribution in [-0.4, -0.2) is 16.6 Å². The van der Waals surface area contributed by atoms with E-state index in [-0.39, 0.29) is 0 Å². The number of hydrogen-bond acceptors (Lipinski definition) is 2. The van der Waals surface area contributed by atoms with Crippen LogP contribution in [-0.2, 0) is 11.3 Å². The third-order valence-electron chi connectivity index (χ3n) is 2.91. The van der Waals surface area contributed by atoms with E-state index in [2.05, 4.69) is 5.32 Å². The fourth-order valence-electron chi connectivity index (χ4n) is 1.73. The molecule has 2 N–H and O–H groups in total. The molecule has 1 atom stereocenters. The minimum Gasteiger partial charge on any atom is -0.480 e. The first-order chi connectivity index (χ1) is 8.39. The van der Waals surface area contributed by atoms with Gasteiger partial charge < -0.3 is 5.11 Å². The van der Waals surface area contributed by atoms with E-state index in [1.165, 1.54) is 0 Å². The molecular formula is C13H17Cl2NO2. The molecule has 0 saturated heterocycles. The number of rotatable bonds is 6. The Hall–Kier alpha value is -0.770. The zero-order valence-corrected chi connectivity index (χ0v) is 12.0. The van der Waals surface area contributed by atoms with Gasteiger partial charge in [0.2, 0.25) is 0 Å². The van der Waals surface area contributed by atoms with Crippen molar-refractivity contribution in [1.29, 1.82) is 0 Å². The van der Waals surface area contributed by atoms with Crippen LogP contribution in [0.1, 0.15) is 32.3 Å². The maximum atomic E-state index is 11.3. The number of carboxylic acids is 1. The molecule has 0 bridgehead atoms. The minimum atomic E-state index is -0.933. The standard InChI is InChI=1S/C13H17Cl2NO2/c1-3-6-13(2,12(17)18)16-8-9-4-5-10(14)7-11(9)15/h4-5,7,16H,3,6,8H2,1-2H3,(H,17,18). The largest absolute Gasteiger partial charge is 0.480 e. The van der Waals surface area contributed by atoms with Crippen molar-refractivity contribution in [2.75, 3.05) is 0 Å². The van der Waals surface area contributed by atoms with E-state index in [1.54, 1.807) is 25.1 Å². The Morgan fingerprint density at radius 1 is 1.44 bits per heavy atom. The van der Waals surface area contributed by atoms with Gasteiger partial charge in [0.05, 0.1) is 0 Å². The normalized spacial score (nSPS) is 14.2. The number of halogens is 2. The molecule has 1 rings (SSSR count). The van der Waals surface area contributed by atoms with Gasteiger partial charge >= 0.3 is 5.97 Å². The van der Waals surface area contributed by atoms with Gasteiger partial charge in [0.15, 0.2) is 0 Å². The topological polar surface area (TPSA) is 49.3 Å². The van der Waals surface area contributed by atoms with Crippen molar-refractivity contribution in [1.82, 2.24) is 5.32 Å². The van der Waals surface area contributed by atoms with Gasteiger partial charge in [-0.1, -0.05) is 42.6 Å². The Kier molecular flexibility index (Phi) is 5.45. The summed E-state index contributed by atoms with van der Waals surface area (Å²) >= 11 is 11.9. The van der Waals surface area contributed by atoms with E-state index in [0.29, 0.717) is 23.0 Å². The van der Waals surface area contributed by atoms with Crippen molar-refractivity contribution in [2.24, 2.45) is 0 Å². The molecule has 0 aromatic heterocycles. The average molecular weight is 290 g/mol. The van der Waals surface area contributed by atoms with Crippen LogP contribution in [0.25, 0.3) is 0 Å². The van der Waals surface area contributed by atoms with E-state index in [9.17, 15) is 9.90 Å². The minimum absolute atomic E-state index is 0.402. The van der Waals surface area contributed by atoms with Gasteiger partial charge in [0, 0.05) is 16.6 Å². The third-order valence-corrected chi connectivity index (χ3v) is 3.49. The summed E-state index contributed by atoms with van der Waals surface area (Å²) in [6, 6.07) is 5.19. The molecule has 18 heavy (non-hydrogen) atoms. The lowest BCUT2D eigenvalue weighted by Crippen LogP contribution is -2.48. The van der Waals surface area contributed by atoms with Crippen LogP contribution in [0.4, 0.5) is 0 Å². The molecule has 0 aliphatic rings. The second-order valence-corrected chi connectivity index (χ2v) is 5.32. The lowest BCUT2D eigenvalue weighted by molar-refractivity contribution is -0.144. The molecular weight excluding hydrogens is 273 g/mol. The van der Waals surface area contributed by atoms with E-state index in [0.717, 1.165) is 12.0 Å². The van der Waals surface area contributed by atoms with E-state index >= 15 is 0 Å². The highest BCUT2D eigenvalue weighted by atomic mass is 35.5. The van der Waals surface area contributed by atoms with Crippen molar-refractivity contribution in [3.05, 3.63) is 33.8 Å². The van der Waals surface area contributed by atoms with Crippen LogP contribution in [0, 0.1) is 0 Å². The highest BCUT2D eigenvalue weighted by Crippen LogP contribution is 2.22. The Morgan fingerprint density at radius 2 is 2.11 bits per heavy atom. The number of aliphatic carboxylic acids is 1. The molecule has 1 aromatic carbocycles. The number of carbonyl (C=O) groups is 1. The predicted octanol–water partition coefficient (Wildman–Crippen LogP) is 3.73. The first kappa shape index (κ1) is 15.3. The smallest absolute Gasteiger partial charge is 0.323 e. The first-order valence-corrected chi connectivity index (χ1v) is 6.57. The van der Waals surface area contributed by atoms with Crippen LogP contribution in [0.2, 0.25) is 10.0 Å². The summed E-state index contributed by atoms with van der Waals surface area (Å²) in [4.78, 5) is 11.3. The molecule has 1 unspecified atom stereocenters. The number of benzene rings is 1. The van der Waals surface area contributed by atoms with Crippen molar-refractivity contribution in [2.45, 2.75) is 38.8 Å². The molecule has 0 amide bonds.